The SMILES string of the molecule is CCC(c1c(C(C)(C)C)cc(C(C)(C)C)c(C(C)(C)C)c1C(C)(C)C)c1c(C(C)(C)C)cc(C(C)(C)C)c(C(C)(C)C)c1C(C)(C)C. The fourth-order valence-corrected chi connectivity index (χ4v) is 8.21. The van der Waals surface area contributed by atoms with Gasteiger partial charge in [0, 0.05) is 5.92 Å². The third kappa shape index (κ3) is 8.61. The normalized spacial score (nSPS) is 14.8. The van der Waals surface area contributed by atoms with Crippen LogP contribution in [0, 0.1) is 0 Å². The second-order valence-corrected chi connectivity index (χ2v) is 23.2. The summed E-state index contributed by atoms with van der Waals surface area (Å²) >= 11 is 0. The summed E-state index contributed by atoms with van der Waals surface area (Å²) in [6, 6.07) is 5.32. The summed E-state index contributed by atoms with van der Waals surface area (Å²) in [4.78, 5) is 0. The Morgan fingerprint density at radius 2 is 0.532 bits per heavy atom. The van der Waals surface area contributed by atoms with Gasteiger partial charge in [-0.25, -0.2) is 0 Å². The monoisotopic (exact) mass is 645 g/mol. The summed E-state index contributed by atoms with van der Waals surface area (Å²) in [6.07, 6.45) is 1.06. The van der Waals surface area contributed by atoms with Crippen LogP contribution in [0.3, 0.4) is 0 Å². The summed E-state index contributed by atoms with van der Waals surface area (Å²) in [5, 5.41) is 0. The van der Waals surface area contributed by atoms with Gasteiger partial charge in [-0.05, 0) is 105 Å². The van der Waals surface area contributed by atoms with Crippen molar-refractivity contribution in [2.24, 2.45) is 0 Å². The van der Waals surface area contributed by atoms with Crippen LogP contribution in [0.5, 0.6) is 0 Å². The molecule has 0 aliphatic carbocycles. The quantitative estimate of drug-likeness (QED) is 0.312. The summed E-state index contributed by atoms with van der Waals surface area (Å²) < 4.78 is 0. The first kappa shape index (κ1) is 41.6. The van der Waals surface area contributed by atoms with Crippen LogP contribution in [0.15, 0.2) is 12.1 Å². The van der Waals surface area contributed by atoms with Crippen LogP contribution in [-0.4, -0.2) is 0 Å². The second-order valence-electron chi connectivity index (χ2n) is 23.2. The van der Waals surface area contributed by atoms with Gasteiger partial charge in [-0.15, -0.1) is 0 Å². The van der Waals surface area contributed by atoms with Gasteiger partial charge in [-0.2, -0.15) is 0 Å². The Labute approximate surface area is 295 Å². The molecule has 47 heavy (non-hydrogen) atoms. The Morgan fingerprint density at radius 3 is 0.681 bits per heavy atom. The maximum Gasteiger partial charge on any atom is 0.00986 e. The molecular weight excluding hydrogens is 565 g/mol. The highest BCUT2D eigenvalue weighted by molar-refractivity contribution is 5.64. The van der Waals surface area contributed by atoms with Crippen LogP contribution in [0.25, 0.3) is 0 Å². The van der Waals surface area contributed by atoms with Crippen molar-refractivity contribution in [3.8, 4) is 0 Å². The predicted octanol–water partition coefficient (Wildman–Crippen LogP) is 14.6. The highest BCUT2D eigenvalue weighted by Crippen LogP contribution is 2.54. The molecule has 2 rings (SSSR count). The van der Waals surface area contributed by atoms with Crippen molar-refractivity contribution in [1.82, 2.24) is 0 Å². The first-order chi connectivity index (χ1) is 20.4. The molecule has 2 aromatic carbocycles. The molecule has 0 saturated heterocycles. The lowest BCUT2D eigenvalue weighted by Crippen LogP contribution is -2.35. The van der Waals surface area contributed by atoms with Crippen LogP contribution in [0.2, 0.25) is 0 Å². The van der Waals surface area contributed by atoms with Crippen molar-refractivity contribution in [2.45, 2.75) is 229 Å². The van der Waals surface area contributed by atoms with E-state index in [1.807, 2.05) is 0 Å². The van der Waals surface area contributed by atoms with Gasteiger partial charge in [0.2, 0.25) is 0 Å². The molecule has 0 heteroatoms. The highest BCUT2D eigenvalue weighted by Gasteiger charge is 2.43. The third-order valence-corrected chi connectivity index (χ3v) is 10.1. The molecule has 0 spiro atoms. The highest BCUT2D eigenvalue weighted by atomic mass is 14.5. The molecule has 0 saturated carbocycles. The molecule has 0 unspecified atom stereocenters. The molecule has 0 aliphatic rings. The van der Waals surface area contributed by atoms with Gasteiger partial charge in [0.25, 0.3) is 0 Å². The molecule has 0 aliphatic heterocycles. The van der Waals surface area contributed by atoms with Crippen LogP contribution in [0.1, 0.15) is 241 Å². The maximum atomic E-state index is 2.66. The maximum absolute atomic E-state index is 2.66. The number of hydrogen-bond donors (Lipinski definition) is 0. The van der Waals surface area contributed by atoms with Crippen molar-refractivity contribution in [3.05, 3.63) is 67.8 Å². The summed E-state index contributed by atoms with van der Waals surface area (Å²) in [5.74, 6) is 0.270. The molecule has 0 amide bonds. The Kier molecular flexibility index (Phi) is 10.9. The molecule has 0 heterocycles. The van der Waals surface area contributed by atoms with E-state index in [-0.39, 0.29) is 49.2 Å². The number of benzene rings is 2. The van der Waals surface area contributed by atoms with E-state index < -0.39 is 0 Å². The van der Waals surface area contributed by atoms with Gasteiger partial charge >= 0.3 is 0 Å². The Balaban J connectivity index is 3.71. The first-order valence-corrected chi connectivity index (χ1v) is 18.8. The molecule has 0 aromatic heterocycles. The van der Waals surface area contributed by atoms with Gasteiger partial charge in [0.15, 0.2) is 0 Å². The van der Waals surface area contributed by atoms with Crippen molar-refractivity contribution < 1.29 is 0 Å². The Bertz CT molecular complexity index is 1320. The topological polar surface area (TPSA) is 0 Å². The fraction of sp³-hybridized carbons (Fsp3) is 0.745. The van der Waals surface area contributed by atoms with E-state index in [2.05, 4.69) is 185 Å². The van der Waals surface area contributed by atoms with E-state index in [4.69, 9.17) is 0 Å². The molecule has 2 aromatic rings. The zero-order valence-corrected chi connectivity index (χ0v) is 36.4. The number of rotatable bonds is 3. The summed E-state index contributed by atoms with van der Waals surface area (Å²) in [6.45, 7) is 61.3. The molecule has 0 atom stereocenters. The molecular formula is C47H80. The third-order valence-electron chi connectivity index (χ3n) is 10.1. The minimum Gasteiger partial charge on any atom is -0.0645 e. The van der Waals surface area contributed by atoms with E-state index in [0.717, 1.165) is 6.42 Å². The average molecular weight is 645 g/mol. The minimum absolute atomic E-state index is 0.00105. The zero-order valence-electron chi connectivity index (χ0n) is 36.4. The van der Waals surface area contributed by atoms with Crippen molar-refractivity contribution in [2.75, 3.05) is 0 Å². The minimum atomic E-state index is -0.0331. The lowest BCUT2D eigenvalue weighted by atomic mass is 9.59. The van der Waals surface area contributed by atoms with E-state index in [1.165, 1.54) is 22.3 Å². The lowest BCUT2D eigenvalue weighted by molar-refractivity contribution is 0.468. The predicted molar refractivity (Wildman–Crippen MR) is 215 cm³/mol. The van der Waals surface area contributed by atoms with Crippen LogP contribution >= 0.6 is 0 Å². The number of hydrogen-bond acceptors (Lipinski definition) is 0. The smallest absolute Gasteiger partial charge is 0.00986 e. The van der Waals surface area contributed by atoms with E-state index in [9.17, 15) is 0 Å². The largest absolute Gasteiger partial charge is 0.0645 e. The van der Waals surface area contributed by atoms with Gasteiger partial charge in [-0.1, -0.05) is 185 Å². The lowest BCUT2D eigenvalue weighted by Gasteiger charge is -2.46. The molecule has 268 valence electrons. The van der Waals surface area contributed by atoms with E-state index in [1.54, 1.807) is 33.4 Å². The van der Waals surface area contributed by atoms with Crippen LogP contribution < -0.4 is 0 Å². The average Bonchev–Trinajstić information content (AvgIpc) is 2.77. The van der Waals surface area contributed by atoms with Crippen LogP contribution in [0.4, 0.5) is 0 Å². The van der Waals surface area contributed by atoms with Gasteiger partial charge < -0.3 is 0 Å². The fourth-order valence-electron chi connectivity index (χ4n) is 8.21. The van der Waals surface area contributed by atoms with Gasteiger partial charge in [0.1, 0.15) is 0 Å². The van der Waals surface area contributed by atoms with Crippen molar-refractivity contribution in [3.63, 3.8) is 0 Å². The van der Waals surface area contributed by atoms with E-state index in [0.29, 0.717) is 0 Å². The van der Waals surface area contributed by atoms with Crippen molar-refractivity contribution in [1.29, 1.82) is 0 Å². The molecule has 0 bridgehead atoms. The summed E-state index contributed by atoms with van der Waals surface area (Å²) in [7, 11) is 0. The van der Waals surface area contributed by atoms with Gasteiger partial charge in [-0.3, -0.25) is 0 Å². The standard InChI is InChI=1S/C47H80/c1-26-29(34-30(40(2,3)4)27-32(42(8,9)10)36(44(14,15)16)38(34)46(20,21)22)35-31(41(5,6)7)28-33(43(11,12)13)37(45(17,18)19)39(35)47(23,24)25/h27-29H,26H2,1-25H3. The second kappa shape index (κ2) is 12.3. The molecule has 0 N–H and O–H groups in total. The Morgan fingerprint density at radius 1 is 0.319 bits per heavy atom. The Hall–Kier alpha value is -1.56. The molecule has 0 nitrogen and oxygen atoms in total. The first-order valence-electron chi connectivity index (χ1n) is 18.8. The van der Waals surface area contributed by atoms with Gasteiger partial charge in [0.05, 0.1) is 0 Å². The molecule has 0 radical (unpaired) electrons. The van der Waals surface area contributed by atoms with E-state index >= 15 is 0 Å². The van der Waals surface area contributed by atoms with Crippen molar-refractivity contribution >= 4 is 0 Å². The molecule has 0 fully saturated rings. The zero-order chi connectivity index (χ0) is 37.5. The van der Waals surface area contributed by atoms with Crippen LogP contribution in [-0.2, 0) is 43.3 Å². The summed E-state index contributed by atoms with van der Waals surface area (Å²) in [5.41, 5.74) is 15.6.